The Morgan fingerprint density at radius 1 is 1.24 bits per heavy atom. The van der Waals surface area contributed by atoms with E-state index in [1.807, 2.05) is 19.9 Å². The number of nitrogens with two attached hydrogens (primary N) is 1. The quantitative estimate of drug-likeness (QED) is 0.787. The van der Waals surface area contributed by atoms with Crippen LogP contribution in [0, 0.1) is 6.92 Å². The van der Waals surface area contributed by atoms with Gasteiger partial charge in [0.2, 0.25) is 5.95 Å². The molecule has 0 radical (unpaired) electrons. The van der Waals surface area contributed by atoms with Crippen molar-refractivity contribution < 1.29 is 13.2 Å². The van der Waals surface area contributed by atoms with E-state index in [1.165, 1.54) is 16.6 Å². The average Bonchev–Trinajstić information content (AvgIpc) is 3.03. The van der Waals surface area contributed by atoms with Crippen LogP contribution in [0.1, 0.15) is 29.3 Å². The molecule has 0 atom stereocenters. The molecule has 6 nitrogen and oxygen atoms in total. The molecule has 0 bridgehead atoms. The standard InChI is InChI=1S/C16H15F3N6/c1-9(11-4-6-12(7-5-11)16(17,18)19)3-8-13-10(2)21-15(20)25-14(13)22-23-24-25/h3-7H,8H2,1-2H3,(H2,20,21)/b9-3-. The number of hydrogen-bond donors (Lipinski definition) is 1. The van der Waals surface area contributed by atoms with Crippen LogP contribution < -0.4 is 5.73 Å². The van der Waals surface area contributed by atoms with Crippen LogP contribution in [0.15, 0.2) is 30.3 Å². The lowest BCUT2D eigenvalue weighted by Gasteiger charge is -2.09. The number of nitrogens with zero attached hydrogens (tertiary/aromatic N) is 5. The van der Waals surface area contributed by atoms with Gasteiger partial charge in [-0.05, 0) is 54.0 Å². The largest absolute Gasteiger partial charge is 0.416 e. The number of benzene rings is 1. The van der Waals surface area contributed by atoms with Crippen molar-refractivity contribution in [1.82, 2.24) is 25.0 Å². The van der Waals surface area contributed by atoms with Crippen molar-refractivity contribution in [2.24, 2.45) is 0 Å². The molecule has 130 valence electrons. The Kier molecular flexibility index (Phi) is 4.15. The number of anilines is 1. The highest BCUT2D eigenvalue weighted by molar-refractivity contribution is 5.65. The van der Waals surface area contributed by atoms with E-state index in [0.717, 1.165) is 23.3 Å². The van der Waals surface area contributed by atoms with Crippen LogP contribution in [0.25, 0.3) is 11.2 Å². The maximum absolute atomic E-state index is 12.6. The molecule has 3 rings (SSSR count). The summed E-state index contributed by atoms with van der Waals surface area (Å²) in [6, 6.07) is 5.06. The Morgan fingerprint density at radius 3 is 2.56 bits per heavy atom. The zero-order valence-corrected chi connectivity index (χ0v) is 13.5. The van der Waals surface area contributed by atoms with Gasteiger partial charge in [0.1, 0.15) is 0 Å². The normalized spacial score (nSPS) is 12.8. The van der Waals surface area contributed by atoms with E-state index in [1.54, 1.807) is 0 Å². The molecule has 0 spiro atoms. The molecule has 0 saturated carbocycles. The number of tetrazole rings is 1. The minimum Gasteiger partial charge on any atom is -0.368 e. The van der Waals surface area contributed by atoms with Gasteiger partial charge in [-0.15, -0.1) is 5.10 Å². The second kappa shape index (κ2) is 6.15. The SMILES string of the molecule is C/C(=C/Cc1c(C)nc(N)n2nnnc12)c1ccc(C(F)(F)F)cc1. The first-order valence-corrected chi connectivity index (χ1v) is 7.45. The van der Waals surface area contributed by atoms with Crippen LogP contribution in [0.2, 0.25) is 0 Å². The van der Waals surface area contributed by atoms with Gasteiger partial charge in [-0.3, -0.25) is 0 Å². The molecule has 0 saturated heterocycles. The van der Waals surface area contributed by atoms with Crippen LogP contribution in [0.4, 0.5) is 19.1 Å². The maximum atomic E-state index is 12.6. The summed E-state index contributed by atoms with van der Waals surface area (Å²) in [5.74, 6) is 0.199. The lowest BCUT2D eigenvalue weighted by molar-refractivity contribution is -0.137. The van der Waals surface area contributed by atoms with Crippen LogP contribution in [0.3, 0.4) is 0 Å². The zero-order chi connectivity index (χ0) is 18.2. The predicted molar refractivity (Wildman–Crippen MR) is 86.5 cm³/mol. The van der Waals surface area contributed by atoms with Gasteiger partial charge in [-0.1, -0.05) is 18.2 Å². The summed E-state index contributed by atoms with van der Waals surface area (Å²) >= 11 is 0. The monoisotopic (exact) mass is 348 g/mol. The molecule has 2 N–H and O–H groups in total. The van der Waals surface area contributed by atoms with Crippen molar-refractivity contribution >= 4 is 17.2 Å². The molecule has 0 unspecified atom stereocenters. The van der Waals surface area contributed by atoms with E-state index in [4.69, 9.17) is 5.73 Å². The fraction of sp³-hybridized carbons (Fsp3) is 0.250. The number of aryl methyl sites for hydroxylation is 1. The smallest absolute Gasteiger partial charge is 0.368 e. The van der Waals surface area contributed by atoms with Crippen molar-refractivity contribution in [2.75, 3.05) is 5.73 Å². The summed E-state index contributed by atoms with van der Waals surface area (Å²) < 4.78 is 39.2. The minimum atomic E-state index is -4.34. The number of alkyl halides is 3. The molecule has 25 heavy (non-hydrogen) atoms. The van der Waals surface area contributed by atoms with Gasteiger partial charge < -0.3 is 5.73 Å². The summed E-state index contributed by atoms with van der Waals surface area (Å²) in [6.45, 7) is 3.64. The number of nitrogen functional groups attached to an aromatic ring is 1. The number of fused-ring (bicyclic) bond motifs is 1. The van der Waals surface area contributed by atoms with Crippen LogP contribution >= 0.6 is 0 Å². The molecular formula is C16H15F3N6. The Labute approximate surface area is 141 Å². The lowest BCUT2D eigenvalue weighted by Crippen LogP contribution is -2.07. The number of hydrogen-bond acceptors (Lipinski definition) is 5. The third kappa shape index (κ3) is 3.30. The van der Waals surface area contributed by atoms with Crippen molar-refractivity contribution in [1.29, 1.82) is 0 Å². The molecule has 0 amide bonds. The Bertz CT molecular complexity index is 941. The number of rotatable bonds is 3. The van der Waals surface area contributed by atoms with Crippen LogP contribution in [0.5, 0.6) is 0 Å². The van der Waals surface area contributed by atoms with Gasteiger partial charge in [0.15, 0.2) is 5.65 Å². The number of aromatic nitrogens is 5. The molecule has 0 aliphatic rings. The van der Waals surface area contributed by atoms with Crippen molar-refractivity contribution in [2.45, 2.75) is 26.4 Å². The van der Waals surface area contributed by atoms with Crippen LogP contribution in [-0.4, -0.2) is 25.0 Å². The second-order valence-corrected chi connectivity index (χ2v) is 5.61. The Hall–Kier alpha value is -2.97. The average molecular weight is 348 g/mol. The highest BCUT2D eigenvalue weighted by atomic mass is 19.4. The van der Waals surface area contributed by atoms with Gasteiger partial charge >= 0.3 is 6.18 Å². The van der Waals surface area contributed by atoms with Crippen molar-refractivity contribution in [3.8, 4) is 0 Å². The zero-order valence-electron chi connectivity index (χ0n) is 13.5. The Balaban J connectivity index is 1.88. The third-order valence-electron chi connectivity index (χ3n) is 3.96. The van der Waals surface area contributed by atoms with Gasteiger partial charge in [-0.25, -0.2) is 4.98 Å². The molecule has 1 aromatic carbocycles. The molecule has 3 aromatic rings. The van der Waals surface area contributed by atoms with Crippen LogP contribution in [-0.2, 0) is 12.6 Å². The lowest BCUT2D eigenvalue weighted by atomic mass is 10.0. The van der Waals surface area contributed by atoms with E-state index in [9.17, 15) is 13.2 Å². The summed E-state index contributed by atoms with van der Waals surface area (Å²) in [6.07, 6.45) is -1.96. The van der Waals surface area contributed by atoms with Gasteiger partial charge in [0, 0.05) is 11.3 Å². The summed E-state index contributed by atoms with van der Waals surface area (Å²) in [5, 5.41) is 11.3. The van der Waals surface area contributed by atoms with Crippen molar-refractivity contribution in [3.63, 3.8) is 0 Å². The van der Waals surface area contributed by atoms with E-state index in [0.29, 0.717) is 23.3 Å². The van der Waals surface area contributed by atoms with Gasteiger partial charge in [0.05, 0.1) is 5.56 Å². The maximum Gasteiger partial charge on any atom is 0.416 e. The first-order chi connectivity index (χ1) is 11.8. The minimum absolute atomic E-state index is 0.199. The third-order valence-corrected chi connectivity index (χ3v) is 3.96. The van der Waals surface area contributed by atoms with Gasteiger partial charge in [0.25, 0.3) is 0 Å². The molecule has 2 heterocycles. The molecule has 0 aliphatic heterocycles. The highest BCUT2D eigenvalue weighted by Crippen LogP contribution is 2.30. The predicted octanol–water partition coefficient (Wildman–Crippen LogP) is 3.07. The number of halogens is 3. The summed E-state index contributed by atoms with van der Waals surface area (Å²) in [4.78, 5) is 4.21. The summed E-state index contributed by atoms with van der Waals surface area (Å²) in [5.41, 5.74) is 8.69. The fourth-order valence-electron chi connectivity index (χ4n) is 2.51. The highest BCUT2D eigenvalue weighted by Gasteiger charge is 2.29. The molecule has 2 aromatic heterocycles. The first kappa shape index (κ1) is 16.9. The molecule has 0 fully saturated rings. The first-order valence-electron chi connectivity index (χ1n) is 7.45. The number of allylic oxidation sites excluding steroid dienone is 2. The van der Waals surface area contributed by atoms with Gasteiger partial charge in [-0.2, -0.15) is 17.7 Å². The Morgan fingerprint density at radius 2 is 1.92 bits per heavy atom. The van der Waals surface area contributed by atoms with E-state index >= 15 is 0 Å². The van der Waals surface area contributed by atoms with E-state index in [-0.39, 0.29) is 5.95 Å². The molecule has 9 heteroatoms. The van der Waals surface area contributed by atoms with Crippen molar-refractivity contribution in [3.05, 3.63) is 52.7 Å². The summed E-state index contributed by atoms with van der Waals surface area (Å²) in [7, 11) is 0. The topological polar surface area (TPSA) is 82.0 Å². The van der Waals surface area contributed by atoms with E-state index in [2.05, 4.69) is 20.5 Å². The fourth-order valence-corrected chi connectivity index (χ4v) is 2.51. The second-order valence-electron chi connectivity index (χ2n) is 5.61. The molecule has 0 aliphatic carbocycles. The van der Waals surface area contributed by atoms with E-state index < -0.39 is 11.7 Å². The molecular weight excluding hydrogens is 333 g/mol.